The van der Waals surface area contributed by atoms with Crippen molar-refractivity contribution in [2.45, 2.75) is 30.7 Å². The van der Waals surface area contributed by atoms with Crippen LogP contribution in [0.3, 0.4) is 0 Å². The molecule has 0 fully saturated rings. The molecular weight excluding hydrogens is 429 g/mol. The molecular formula is C21H23Cl2N3O2S. The van der Waals surface area contributed by atoms with E-state index in [4.69, 9.17) is 38.8 Å². The first kappa shape index (κ1) is 22.1. The Labute approximate surface area is 185 Å². The molecule has 0 aliphatic carbocycles. The molecule has 0 radical (unpaired) electrons. The predicted molar refractivity (Wildman–Crippen MR) is 120 cm³/mol. The molecule has 0 bridgehead atoms. The molecule has 2 aromatic rings. The van der Waals surface area contributed by atoms with Crippen LogP contribution in [0.4, 0.5) is 0 Å². The van der Waals surface area contributed by atoms with Gasteiger partial charge in [-0.25, -0.2) is 5.01 Å². The van der Waals surface area contributed by atoms with Crippen molar-refractivity contribution in [3.63, 3.8) is 0 Å². The second kappa shape index (κ2) is 9.49. The number of carbonyl (C=O) groups excluding carboxylic acids is 1. The number of hydrazone groups is 1. The molecule has 2 aromatic carbocycles. The predicted octanol–water partition coefficient (Wildman–Crippen LogP) is 4.86. The van der Waals surface area contributed by atoms with Crippen LogP contribution in [0.5, 0.6) is 0 Å². The maximum absolute atomic E-state index is 13.2. The molecule has 5 nitrogen and oxygen atoms in total. The minimum Gasteiger partial charge on any atom is -0.372 e. The fraction of sp³-hybridized carbons (Fsp3) is 0.333. The Bertz CT molecular complexity index is 910. The van der Waals surface area contributed by atoms with Crippen LogP contribution < -0.4 is 5.73 Å². The van der Waals surface area contributed by atoms with Gasteiger partial charge in [0.25, 0.3) is 5.91 Å². The highest BCUT2D eigenvalue weighted by atomic mass is 35.5. The van der Waals surface area contributed by atoms with E-state index in [1.807, 2.05) is 42.5 Å². The Hall–Kier alpha value is -1.57. The van der Waals surface area contributed by atoms with Crippen LogP contribution in [-0.4, -0.2) is 35.7 Å². The summed E-state index contributed by atoms with van der Waals surface area (Å²) in [6, 6.07) is 15.2. The number of nitrogens with two attached hydrogens (primary N) is 1. The van der Waals surface area contributed by atoms with Gasteiger partial charge in [0.2, 0.25) is 0 Å². The van der Waals surface area contributed by atoms with E-state index in [1.54, 1.807) is 13.0 Å². The van der Waals surface area contributed by atoms with Crippen LogP contribution in [0.15, 0.2) is 53.6 Å². The topological polar surface area (TPSA) is 67.9 Å². The summed E-state index contributed by atoms with van der Waals surface area (Å²) in [5.74, 6) is -0.228. The number of methoxy groups -OCH3 is 1. The summed E-state index contributed by atoms with van der Waals surface area (Å²) in [7, 11) is 1.51. The van der Waals surface area contributed by atoms with E-state index in [0.717, 1.165) is 12.0 Å². The fourth-order valence-electron chi connectivity index (χ4n) is 3.20. The summed E-state index contributed by atoms with van der Waals surface area (Å²) in [5.41, 5.74) is 7.48. The first-order valence-corrected chi connectivity index (χ1v) is 10.9. The van der Waals surface area contributed by atoms with Crippen LogP contribution in [-0.2, 0) is 14.4 Å². The highest BCUT2D eigenvalue weighted by Crippen LogP contribution is 2.51. The summed E-state index contributed by atoms with van der Waals surface area (Å²) >= 11 is 14.2. The molecule has 154 valence electrons. The number of carbonyl (C=O) groups is 1. The smallest absolute Gasteiger partial charge is 0.273 e. The molecule has 29 heavy (non-hydrogen) atoms. The van der Waals surface area contributed by atoms with E-state index < -0.39 is 11.0 Å². The van der Waals surface area contributed by atoms with Gasteiger partial charge in [0.05, 0.1) is 10.0 Å². The number of thioether (sulfide) groups is 1. The molecule has 0 spiro atoms. The van der Waals surface area contributed by atoms with Gasteiger partial charge in [-0.2, -0.15) is 5.10 Å². The highest BCUT2D eigenvalue weighted by molar-refractivity contribution is 8.15. The molecule has 1 heterocycles. The van der Waals surface area contributed by atoms with Crippen molar-refractivity contribution >= 4 is 45.9 Å². The number of hydrogen-bond acceptors (Lipinski definition) is 5. The molecule has 1 aliphatic heterocycles. The van der Waals surface area contributed by atoms with Crippen molar-refractivity contribution in [1.29, 1.82) is 0 Å². The lowest BCUT2D eigenvalue weighted by Gasteiger charge is -2.36. The molecule has 0 aromatic heterocycles. The molecule has 0 saturated carbocycles. The Morgan fingerprint density at radius 1 is 1.24 bits per heavy atom. The van der Waals surface area contributed by atoms with Gasteiger partial charge >= 0.3 is 0 Å². The third kappa shape index (κ3) is 4.32. The monoisotopic (exact) mass is 451 g/mol. The zero-order chi connectivity index (χ0) is 21.0. The van der Waals surface area contributed by atoms with Gasteiger partial charge in [-0.05, 0) is 37.9 Å². The summed E-state index contributed by atoms with van der Waals surface area (Å²) in [5, 5.41) is 7.73. The van der Waals surface area contributed by atoms with Crippen LogP contribution >= 0.6 is 35.0 Å². The SMILES string of the molecule is CO[C@@H](C)C(=O)N1N=C(c2cccc(Cl)c2Cl)SC1(CCCN)c1ccccc1. The van der Waals surface area contributed by atoms with Crippen molar-refractivity contribution in [2.75, 3.05) is 13.7 Å². The molecule has 2 N–H and O–H groups in total. The van der Waals surface area contributed by atoms with E-state index in [-0.39, 0.29) is 5.91 Å². The molecule has 1 unspecified atom stereocenters. The lowest BCUT2D eigenvalue weighted by molar-refractivity contribution is -0.144. The van der Waals surface area contributed by atoms with Crippen LogP contribution in [0.1, 0.15) is 30.9 Å². The van der Waals surface area contributed by atoms with Crippen molar-refractivity contribution in [3.05, 3.63) is 69.7 Å². The number of hydrogen-bond donors (Lipinski definition) is 1. The van der Waals surface area contributed by atoms with Crippen LogP contribution in [0.2, 0.25) is 10.0 Å². The summed E-state index contributed by atoms with van der Waals surface area (Å²) in [4.78, 5) is 12.5. The maximum Gasteiger partial charge on any atom is 0.273 e. The lowest BCUT2D eigenvalue weighted by atomic mass is 10.00. The molecule has 0 saturated heterocycles. The van der Waals surface area contributed by atoms with Gasteiger partial charge < -0.3 is 10.5 Å². The molecule has 2 atom stereocenters. The normalized spacial score (nSPS) is 19.9. The lowest BCUT2D eigenvalue weighted by Crippen LogP contribution is -2.46. The average molecular weight is 452 g/mol. The van der Waals surface area contributed by atoms with E-state index >= 15 is 0 Å². The molecule has 8 heteroatoms. The number of rotatable bonds is 7. The van der Waals surface area contributed by atoms with Crippen molar-refractivity contribution < 1.29 is 9.53 Å². The Balaban J connectivity index is 2.15. The van der Waals surface area contributed by atoms with Gasteiger partial charge in [-0.3, -0.25) is 4.79 Å². The Kier molecular flexibility index (Phi) is 7.24. The minimum atomic E-state index is -0.745. The third-order valence-electron chi connectivity index (χ3n) is 4.84. The van der Waals surface area contributed by atoms with Crippen LogP contribution in [0, 0.1) is 0 Å². The zero-order valence-corrected chi connectivity index (χ0v) is 18.6. The Morgan fingerprint density at radius 2 is 1.97 bits per heavy atom. The van der Waals surface area contributed by atoms with E-state index in [0.29, 0.717) is 33.6 Å². The quantitative estimate of drug-likeness (QED) is 0.652. The van der Waals surface area contributed by atoms with Gasteiger partial charge in [0, 0.05) is 12.7 Å². The second-order valence-electron chi connectivity index (χ2n) is 6.68. The Morgan fingerprint density at radius 3 is 2.62 bits per heavy atom. The van der Waals surface area contributed by atoms with Gasteiger partial charge in [0.15, 0.2) is 0 Å². The summed E-state index contributed by atoms with van der Waals surface area (Å²) < 4.78 is 5.30. The number of nitrogens with zero attached hydrogens (tertiary/aromatic N) is 2. The van der Waals surface area contributed by atoms with E-state index in [9.17, 15) is 4.79 Å². The zero-order valence-electron chi connectivity index (χ0n) is 16.3. The first-order chi connectivity index (χ1) is 13.9. The highest BCUT2D eigenvalue weighted by Gasteiger charge is 2.49. The number of ether oxygens (including phenoxy) is 1. The average Bonchev–Trinajstić information content (AvgIpc) is 3.14. The minimum absolute atomic E-state index is 0.228. The van der Waals surface area contributed by atoms with Crippen LogP contribution in [0.25, 0.3) is 0 Å². The number of benzene rings is 2. The standard InChI is InChI=1S/C21H23Cl2N3O2S/c1-14(28-2)20(27)26-21(12-7-13-24,15-8-4-3-5-9-15)29-19(25-26)16-10-6-11-17(22)18(16)23/h3-6,8-11,14H,7,12-13,24H2,1-2H3/t14-,21?/m0/s1. The van der Waals surface area contributed by atoms with Gasteiger partial charge in [-0.1, -0.05) is 77.4 Å². The maximum atomic E-state index is 13.2. The van der Waals surface area contributed by atoms with Gasteiger partial charge in [-0.15, -0.1) is 0 Å². The molecule has 1 aliphatic rings. The summed E-state index contributed by atoms with van der Waals surface area (Å²) in [6.45, 7) is 2.22. The molecule has 3 rings (SSSR count). The largest absolute Gasteiger partial charge is 0.372 e. The van der Waals surface area contributed by atoms with Crippen molar-refractivity contribution in [3.8, 4) is 0 Å². The third-order valence-corrected chi connectivity index (χ3v) is 7.10. The van der Waals surface area contributed by atoms with Crippen molar-refractivity contribution in [2.24, 2.45) is 10.8 Å². The van der Waals surface area contributed by atoms with E-state index in [1.165, 1.54) is 23.9 Å². The van der Waals surface area contributed by atoms with Gasteiger partial charge in [0.1, 0.15) is 16.0 Å². The first-order valence-electron chi connectivity index (χ1n) is 9.29. The van der Waals surface area contributed by atoms with Crippen molar-refractivity contribution in [1.82, 2.24) is 5.01 Å². The summed E-state index contributed by atoms with van der Waals surface area (Å²) in [6.07, 6.45) is 0.708. The molecule has 1 amide bonds. The number of amides is 1. The van der Waals surface area contributed by atoms with E-state index in [2.05, 4.69) is 0 Å². The second-order valence-corrected chi connectivity index (χ2v) is 8.73. The fourth-order valence-corrected chi connectivity index (χ4v) is 5.08. The number of halogens is 2.